The Morgan fingerprint density at radius 2 is 1.91 bits per heavy atom. The van der Waals surface area contributed by atoms with Crippen LogP contribution in [0, 0.1) is 12.8 Å². The average molecular weight is 467 g/mol. The molecule has 3 N–H and O–H groups in total. The first-order chi connectivity index (χ1) is 16.9. The van der Waals surface area contributed by atoms with E-state index in [9.17, 15) is 4.79 Å². The molecule has 0 bridgehead atoms. The Hall–Kier alpha value is -3.11. The lowest BCUT2D eigenvalue weighted by atomic mass is 10.3. The van der Waals surface area contributed by atoms with Gasteiger partial charge >= 0.3 is 0 Å². The van der Waals surface area contributed by atoms with E-state index in [1.165, 1.54) is 11.8 Å². The molecular weight excluding hydrogens is 436 g/mol. The molecule has 0 spiro atoms. The Bertz CT molecular complexity index is 1190. The van der Waals surface area contributed by atoms with Gasteiger partial charge in [-0.25, -0.2) is 9.97 Å². The van der Waals surface area contributed by atoms with Gasteiger partial charge in [0.2, 0.25) is 5.91 Å². The van der Waals surface area contributed by atoms with Crippen molar-refractivity contribution in [3.8, 4) is 0 Å². The number of hydrogen-bond donors (Lipinski definition) is 3. The minimum absolute atomic E-state index is 0.0825. The molecule has 3 heterocycles. The molecule has 2 aliphatic rings. The first kappa shape index (κ1) is 19.4. The molecule has 2 aromatic heterocycles. The summed E-state index contributed by atoms with van der Waals surface area (Å²) in [6.07, 6.45) is 1.94. The molecule has 0 atom stereocenters. The van der Waals surface area contributed by atoms with Crippen molar-refractivity contribution < 1.29 is 7.62 Å². The van der Waals surface area contributed by atoms with Crippen LogP contribution < -0.4 is 15.5 Å². The molecule has 1 amide bonds. The van der Waals surface area contributed by atoms with Crippen molar-refractivity contribution in [2.24, 2.45) is 5.92 Å². The van der Waals surface area contributed by atoms with Crippen LogP contribution in [-0.2, 0) is 4.79 Å². The van der Waals surface area contributed by atoms with Gasteiger partial charge in [-0.2, -0.15) is 5.10 Å². The number of likely N-dealkylation sites (N-methyl/N-ethyl adjacent to an activating group) is 1. The number of benzene rings is 1. The van der Waals surface area contributed by atoms with Gasteiger partial charge in [0.1, 0.15) is 11.6 Å². The van der Waals surface area contributed by atoms with Crippen molar-refractivity contribution in [1.29, 1.82) is 0 Å². The number of nitrogens with one attached hydrogen (secondary N) is 3. The highest BCUT2D eigenvalue weighted by molar-refractivity contribution is 7.99. The summed E-state index contributed by atoms with van der Waals surface area (Å²) < 4.78 is 16.4. The average Bonchev–Trinajstić information content (AvgIpc) is 3.65. The molecule has 1 aliphatic carbocycles. The number of piperazine rings is 1. The van der Waals surface area contributed by atoms with Gasteiger partial charge in [0, 0.05) is 60.5 Å². The molecule has 1 saturated heterocycles. The van der Waals surface area contributed by atoms with E-state index in [1.54, 1.807) is 19.1 Å². The minimum Gasteiger partial charge on any atom is -0.354 e. The van der Waals surface area contributed by atoms with Crippen molar-refractivity contribution in [3.05, 3.63) is 42.1 Å². The molecule has 0 radical (unpaired) electrons. The normalized spacial score (nSPS) is 17.5. The first-order valence-electron chi connectivity index (χ1n) is 12.0. The second-order valence-corrected chi connectivity index (χ2v) is 9.54. The van der Waals surface area contributed by atoms with E-state index in [4.69, 9.17) is 7.81 Å². The summed E-state index contributed by atoms with van der Waals surface area (Å²) in [5.41, 5.74) is 1.41. The van der Waals surface area contributed by atoms with Crippen molar-refractivity contribution in [3.63, 3.8) is 0 Å². The predicted molar refractivity (Wildman–Crippen MR) is 130 cm³/mol. The van der Waals surface area contributed by atoms with E-state index < -0.39 is 0 Å². The second kappa shape index (κ2) is 9.40. The van der Waals surface area contributed by atoms with Gasteiger partial charge in [-0.15, -0.1) is 0 Å². The third kappa shape index (κ3) is 5.63. The highest BCUT2D eigenvalue weighted by Crippen LogP contribution is 2.32. The highest BCUT2D eigenvalue weighted by atomic mass is 32.2. The van der Waals surface area contributed by atoms with Crippen LogP contribution in [0.4, 0.5) is 23.1 Å². The van der Waals surface area contributed by atoms with Crippen LogP contribution in [0.15, 0.2) is 46.5 Å². The van der Waals surface area contributed by atoms with Crippen LogP contribution in [0.25, 0.3) is 0 Å². The standard InChI is InChI=1S/C23H28N8OS/c1-15-13-20(29-28-15)25-19-14-21(31-11-9-30(2)10-12-31)27-23(26-19)33-18-7-5-17(6-8-18)24-22(32)16-3-4-16/h5-8,13-14,16H,3-4,9-12H2,1-2H3,(H,24,32)(H2,25,26,27,28,29)/i/hD2. The zero-order valence-corrected chi connectivity index (χ0v) is 19.5. The number of aryl methyl sites for hydroxylation is 1. The number of H-pyrrole nitrogens is 1. The maximum atomic E-state index is 12.0. The topological polar surface area (TPSA) is 102 Å². The first-order valence-corrected chi connectivity index (χ1v) is 11.9. The van der Waals surface area contributed by atoms with Gasteiger partial charge in [0.05, 0.1) is 0 Å². The van der Waals surface area contributed by atoms with E-state index in [2.05, 4.69) is 32.2 Å². The van der Waals surface area contributed by atoms with E-state index >= 15 is 0 Å². The number of amides is 1. The second-order valence-electron chi connectivity index (χ2n) is 8.50. The van der Waals surface area contributed by atoms with Crippen LogP contribution in [0.2, 0.25) is 2.82 Å². The Morgan fingerprint density at radius 1 is 1.15 bits per heavy atom. The van der Waals surface area contributed by atoms with E-state index in [1.807, 2.05) is 24.3 Å². The monoisotopic (exact) mass is 466 g/mol. The van der Waals surface area contributed by atoms with Crippen LogP contribution in [0.5, 0.6) is 0 Å². The zero-order chi connectivity index (χ0) is 24.5. The lowest BCUT2D eigenvalue weighted by molar-refractivity contribution is -0.117. The molecule has 172 valence electrons. The summed E-state index contributed by atoms with van der Waals surface area (Å²) in [4.78, 5) is 26.8. The fourth-order valence-electron chi connectivity index (χ4n) is 3.55. The Balaban J connectivity index is 1.39. The van der Waals surface area contributed by atoms with Gasteiger partial charge in [-0.3, -0.25) is 9.89 Å². The molecule has 1 aliphatic heterocycles. The Morgan fingerprint density at radius 3 is 2.58 bits per heavy atom. The highest BCUT2D eigenvalue weighted by Gasteiger charge is 2.29. The van der Waals surface area contributed by atoms with Gasteiger partial charge in [0.15, 0.2) is 13.8 Å². The van der Waals surface area contributed by atoms with Crippen LogP contribution in [0.3, 0.4) is 0 Å². The molecule has 9 nitrogen and oxygen atoms in total. The summed E-state index contributed by atoms with van der Waals surface area (Å²) in [5.74, 6) is 1.72. The maximum Gasteiger partial charge on any atom is 0.227 e. The van der Waals surface area contributed by atoms with Gasteiger partial charge in [-0.1, -0.05) is 0 Å². The van der Waals surface area contributed by atoms with Gasteiger partial charge in [-0.05, 0) is 62.8 Å². The zero-order valence-electron chi connectivity index (χ0n) is 20.7. The van der Waals surface area contributed by atoms with Crippen molar-refractivity contribution >= 4 is 40.8 Å². The lowest BCUT2D eigenvalue weighted by Crippen LogP contribution is -2.44. The molecule has 10 heteroatoms. The Kier molecular flexibility index (Phi) is 5.52. The fourth-order valence-corrected chi connectivity index (χ4v) is 4.31. The number of aromatic nitrogens is 4. The van der Waals surface area contributed by atoms with Crippen molar-refractivity contribution in [1.82, 2.24) is 25.1 Å². The third-order valence-electron chi connectivity index (χ3n) is 5.66. The van der Waals surface area contributed by atoms with E-state index in [0.29, 0.717) is 22.5 Å². The summed E-state index contributed by atoms with van der Waals surface area (Å²) in [5, 5.41) is 9.71. The smallest absolute Gasteiger partial charge is 0.227 e. The fraction of sp³-hybridized carbons (Fsp3) is 0.391. The van der Waals surface area contributed by atoms with Crippen molar-refractivity contribution in [2.45, 2.75) is 29.8 Å². The minimum atomic E-state index is 0.0825. The summed E-state index contributed by atoms with van der Waals surface area (Å²) in [6, 6.07) is 11.1. The van der Waals surface area contributed by atoms with E-state index in [-0.39, 0.29) is 11.8 Å². The van der Waals surface area contributed by atoms with Crippen LogP contribution >= 0.6 is 11.8 Å². The molecule has 0 unspecified atom stereocenters. The largest absolute Gasteiger partial charge is 0.354 e. The molecule has 1 saturated carbocycles. The number of carbonyl (C=O) groups excluding carboxylic acids is 1. The number of hydrogen-bond acceptors (Lipinski definition) is 8. The molecule has 5 rings (SSSR count). The van der Waals surface area contributed by atoms with Crippen LogP contribution in [0.1, 0.15) is 18.5 Å². The Labute approximate surface area is 200 Å². The number of nitrogens with zero attached hydrogens (tertiary/aromatic N) is 5. The van der Waals surface area contributed by atoms with Crippen LogP contribution in [-0.4, -0.2) is 64.2 Å². The van der Waals surface area contributed by atoms with E-state index in [0.717, 1.165) is 65.8 Å². The quantitative estimate of drug-likeness (QED) is 0.455. The lowest BCUT2D eigenvalue weighted by Gasteiger charge is -2.33. The molecule has 3 aromatic rings. The molecule has 2 fully saturated rings. The SMILES string of the molecule is [2H]N(c1cc(N2CCN(C)CC2)nc(Sc2ccc(NC(=O)C3CC3)cc2)n1)c1cc(C)n([2H])n1. The number of aromatic amines is 1. The molecule has 33 heavy (non-hydrogen) atoms. The van der Waals surface area contributed by atoms with Gasteiger partial charge < -0.3 is 20.4 Å². The number of anilines is 4. The third-order valence-corrected chi connectivity index (χ3v) is 6.54. The van der Waals surface area contributed by atoms with Gasteiger partial charge in [0.25, 0.3) is 0 Å². The predicted octanol–water partition coefficient (Wildman–Crippen LogP) is 3.50. The number of carbonyl (C=O) groups is 1. The molecular formula is C23H28N8OS. The van der Waals surface area contributed by atoms with Crippen molar-refractivity contribution in [2.75, 3.05) is 48.8 Å². The molecule has 1 aromatic carbocycles. The summed E-state index contributed by atoms with van der Waals surface area (Å²) in [7, 11) is 2.10. The summed E-state index contributed by atoms with van der Waals surface area (Å²) in [6.45, 7) is 5.31. The maximum absolute atomic E-state index is 12.0. The summed E-state index contributed by atoms with van der Waals surface area (Å²) >= 11 is 1.40. The number of rotatable bonds is 7.